The van der Waals surface area contributed by atoms with E-state index in [1.165, 1.54) is 19.3 Å². The average molecular weight is 305 g/mol. The zero-order chi connectivity index (χ0) is 15.6. The van der Waals surface area contributed by atoms with Gasteiger partial charge in [0.05, 0.1) is 17.2 Å². The summed E-state index contributed by atoms with van der Waals surface area (Å²) >= 11 is 0. The molecule has 1 aliphatic rings. The van der Waals surface area contributed by atoms with E-state index >= 15 is 0 Å². The van der Waals surface area contributed by atoms with Crippen LogP contribution in [0.4, 0.5) is 5.82 Å². The Balaban J connectivity index is 1.72. The predicted molar refractivity (Wildman–Crippen MR) is 92.7 cm³/mol. The highest BCUT2D eigenvalue weighted by molar-refractivity contribution is 5.82. The van der Waals surface area contributed by atoms with Gasteiger partial charge in [-0.15, -0.1) is 0 Å². The number of aromatic hydroxyl groups is 1. The van der Waals surface area contributed by atoms with Gasteiger partial charge in [0.25, 0.3) is 0 Å². The minimum absolute atomic E-state index is 0.279. The third-order valence-electron chi connectivity index (χ3n) is 4.41. The van der Waals surface area contributed by atoms with Crippen LogP contribution < -0.4 is 4.90 Å². The third kappa shape index (κ3) is 2.84. The van der Waals surface area contributed by atoms with E-state index in [9.17, 15) is 5.11 Å². The van der Waals surface area contributed by atoms with E-state index in [4.69, 9.17) is 4.98 Å². The van der Waals surface area contributed by atoms with E-state index in [2.05, 4.69) is 16.0 Å². The van der Waals surface area contributed by atoms with Crippen LogP contribution in [0.25, 0.3) is 22.2 Å². The standard InChI is InChI=1S/C19H19N3O/c23-16-7-4-14(5-8-16)15-6-9-17-18(12-15)21-19(13-20-17)22-10-2-1-3-11-22/h4-9,12-13,23H,1-3,10-11H2. The summed E-state index contributed by atoms with van der Waals surface area (Å²) in [5.41, 5.74) is 3.98. The number of aromatic nitrogens is 2. The highest BCUT2D eigenvalue weighted by Gasteiger charge is 2.13. The fourth-order valence-electron chi connectivity index (χ4n) is 3.11. The lowest BCUT2D eigenvalue weighted by Crippen LogP contribution is -2.30. The summed E-state index contributed by atoms with van der Waals surface area (Å²) in [5, 5.41) is 9.43. The fourth-order valence-corrected chi connectivity index (χ4v) is 3.11. The van der Waals surface area contributed by atoms with Gasteiger partial charge in [0, 0.05) is 13.1 Å². The molecule has 0 amide bonds. The van der Waals surface area contributed by atoms with Crippen molar-refractivity contribution >= 4 is 16.9 Å². The Bertz CT molecular complexity index is 824. The Morgan fingerprint density at radius 3 is 2.35 bits per heavy atom. The van der Waals surface area contributed by atoms with Gasteiger partial charge in [-0.3, -0.25) is 4.98 Å². The van der Waals surface area contributed by atoms with Gasteiger partial charge >= 0.3 is 0 Å². The van der Waals surface area contributed by atoms with Crippen molar-refractivity contribution < 1.29 is 5.11 Å². The molecule has 1 aliphatic heterocycles. The average Bonchev–Trinajstić information content (AvgIpc) is 2.62. The van der Waals surface area contributed by atoms with Crippen molar-refractivity contribution in [2.75, 3.05) is 18.0 Å². The van der Waals surface area contributed by atoms with Crippen molar-refractivity contribution in [3.63, 3.8) is 0 Å². The smallest absolute Gasteiger partial charge is 0.147 e. The predicted octanol–water partition coefficient (Wildman–Crippen LogP) is 3.99. The number of benzene rings is 2. The topological polar surface area (TPSA) is 49.3 Å². The Hall–Kier alpha value is -2.62. The molecule has 4 rings (SSSR count). The maximum Gasteiger partial charge on any atom is 0.147 e. The molecule has 23 heavy (non-hydrogen) atoms. The molecule has 4 nitrogen and oxygen atoms in total. The molecule has 0 aliphatic carbocycles. The first-order chi connectivity index (χ1) is 11.3. The Morgan fingerprint density at radius 1 is 0.826 bits per heavy atom. The zero-order valence-electron chi connectivity index (χ0n) is 12.9. The summed E-state index contributed by atoms with van der Waals surface area (Å²) in [4.78, 5) is 11.7. The molecule has 116 valence electrons. The first-order valence-electron chi connectivity index (χ1n) is 8.11. The Labute approximate surface area is 135 Å². The van der Waals surface area contributed by atoms with Crippen molar-refractivity contribution in [3.8, 4) is 16.9 Å². The maximum absolute atomic E-state index is 9.43. The maximum atomic E-state index is 9.43. The lowest BCUT2D eigenvalue weighted by Gasteiger charge is -2.27. The first kappa shape index (κ1) is 14.0. The Kier molecular flexibility index (Phi) is 3.58. The number of rotatable bonds is 2. The fraction of sp³-hybridized carbons (Fsp3) is 0.263. The van der Waals surface area contributed by atoms with Gasteiger partial charge < -0.3 is 10.0 Å². The van der Waals surface area contributed by atoms with E-state index < -0.39 is 0 Å². The second kappa shape index (κ2) is 5.88. The van der Waals surface area contributed by atoms with E-state index in [1.54, 1.807) is 12.1 Å². The van der Waals surface area contributed by atoms with Crippen LogP contribution in [-0.4, -0.2) is 28.2 Å². The van der Waals surface area contributed by atoms with Crippen LogP contribution in [0.2, 0.25) is 0 Å². The van der Waals surface area contributed by atoms with Crippen LogP contribution in [0.3, 0.4) is 0 Å². The van der Waals surface area contributed by atoms with E-state index in [1.807, 2.05) is 30.5 Å². The molecule has 0 radical (unpaired) electrons. The van der Waals surface area contributed by atoms with Gasteiger partial charge in [-0.25, -0.2) is 4.98 Å². The molecule has 2 aromatic carbocycles. The first-order valence-corrected chi connectivity index (χ1v) is 8.11. The normalized spacial score (nSPS) is 15.0. The van der Waals surface area contributed by atoms with Gasteiger partial charge in [-0.2, -0.15) is 0 Å². The second-order valence-corrected chi connectivity index (χ2v) is 6.03. The second-order valence-electron chi connectivity index (χ2n) is 6.03. The van der Waals surface area contributed by atoms with E-state index in [0.29, 0.717) is 0 Å². The summed E-state index contributed by atoms with van der Waals surface area (Å²) in [6.45, 7) is 2.13. The largest absolute Gasteiger partial charge is 0.508 e. The molecule has 4 heteroatoms. The van der Waals surface area contributed by atoms with Gasteiger partial charge in [0.1, 0.15) is 11.6 Å². The molecule has 1 aromatic heterocycles. The highest BCUT2D eigenvalue weighted by Crippen LogP contribution is 2.26. The minimum atomic E-state index is 0.279. The lowest BCUT2D eigenvalue weighted by molar-refractivity contribution is 0.475. The van der Waals surface area contributed by atoms with Crippen LogP contribution >= 0.6 is 0 Å². The number of nitrogens with zero attached hydrogens (tertiary/aromatic N) is 3. The number of piperidine rings is 1. The van der Waals surface area contributed by atoms with Gasteiger partial charge in [-0.1, -0.05) is 18.2 Å². The molecule has 0 atom stereocenters. The highest BCUT2D eigenvalue weighted by atomic mass is 16.3. The zero-order valence-corrected chi connectivity index (χ0v) is 12.9. The number of hydrogen-bond acceptors (Lipinski definition) is 4. The number of phenolic OH excluding ortho intramolecular Hbond substituents is 1. The number of hydrogen-bond donors (Lipinski definition) is 1. The molecule has 3 aromatic rings. The summed E-state index contributed by atoms with van der Waals surface area (Å²) < 4.78 is 0. The SMILES string of the molecule is Oc1ccc(-c2ccc3ncc(N4CCCCC4)nc3c2)cc1. The van der Waals surface area contributed by atoms with E-state index in [0.717, 1.165) is 41.1 Å². The van der Waals surface area contributed by atoms with E-state index in [-0.39, 0.29) is 5.75 Å². The molecule has 0 bridgehead atoms. The minimum Gasteiger partial charge on any atom is -0.508 e. The van der Waals surface area contributed by atoms with Gasteiger partial charge in [0.15, 0.2) is 0 Å². The molecular formula is C19H19N3O. The molecule has 1 saturated heterocycles. The monoisotopic (exact) mass is 305 g/mol. The number of phenols is 1. The van der Waals surface area contributed by atoms with Crippen molar-refractivity contribution in [2.24, 2.45) is 0 Å². The Morgan fingerprint density at radius 2 is 1.57 bits per heavy atom. The van der Waals surface area contributed by atoms with Gasteiger partial charge in [-0.05, 0) is 54.7 Å². The van der Waals surface area contributed by atoms with Crippen LogP contribution in [0.5, 0.6) is 5.75 Å². The van der Waals surface area contributed by atoms with Crippen molar-refractivity contribution in [1.29, 1.82) is 0 Å². The number of fused-ring (bicyclic) bond motifs is 1. The molecule has 2 heterocycles. The molecular weight excluding hydrogens is 286 g/mol. The van der Waals surface area contributed by atoms with Crippen LogP contribution in [0.15, 0.2) is 48.7 Å². The third-order valence-corrected chi connectivity index (χ3v) is 4.41. The lowest BCUT2D eigenvalue weighted by atomic mass is 10.0. The summed E-state index contributed by atoms with van der Waals surface area (Å²) in [7, 11) is 0. The summed E-state index contributed by atoms with van der Waals surface area (Å²) in [6.07, 6.45) is 5.65. The van der Waals surface area contributed by atoms with Crippen LogP contribution in [0.1, 0.15) is 19.3 Å². The van der Waals surface area contributed by atoms with Crippen LogP contribution in [-0.2, 0) is 0 Å². The molecule has 0 saturated carbocycles. The molecule has 0 unspecified atom stereocenters. The van der Waals surface area contributed by atoms with Crippen LogP contribution in [0, 0.1) is 0 Å². The van der Waals surface area contributed by atoms with Crippen molar-refractivity contribution in [2.45, 2.75) is 19.3 Å². The van der Waals surface area contributed by atoms with Crippen molar-refractivity contribution in [3.05, 3.63) is 48.7 Å². The molecule has 0 spiro atoms. The summed E-state index contributed by atoms with van der Waals surface area (Å²) in [6, 6.07) is 13.4. The summed E-state index contributed by atoms with van der Waals surface area (Å²) in [5.74, 6) is 1.25. The number of anilines is 1. The van der Waals surface area contributed by atoms with Crippen molar-refractivity contribution in [1.82, 2.24) is 9.97 Å². The quantitative estimate of drug-likeness (QED) is 0.777. The molecule has 1 fully saturated rings. The molecule has 1 N–H and O–H groups in total. The van der Waals surface area contributed by atoms with Gasteiger partial charge in [0.2, 0.25) is 0 Å².